The standard InChI is InChI=1S/C22H31N3O5S/c26-21-15-30-20-11-10-18(13-19(20)24-21)31(28,29)25-12-6-7-16(14-25)22(27)23-17-8-4-2-1-3-5-9-17/h10-11,13,16-17H,1-9,12,14-15H2,(H,23,27)(H,24,26). The summed E-state index contributed by atoms with van der Waals surface area (Å²) in [6, 6.07) is 4.68. The molecule has 1 aromatic carbocycles. The zero-order valence-corrected chi connectivity index (χ0v) is 18.6. The highest BCUT2D eigenvalue weighted by molar-refractivity contribution is 7.89. The Hall–Kier alpha value is -2.13. The monoisotopic (exact) mass is 449 g/mol. The number of fused-ring (bicyclic) bond motifs is 1. The maximum absolute atomic E-state index is 13.2. The molecule has 31 heavy (non-hydrogen) atoms. The molecule has 170 valence electrons. The predicted molar refractivity (Wildman–Crippen MR) is 116 cm³/mol. The van der Waals surface area contributed by atoms with Crippen LogP contribution in [0.3, 0.4) is 0 Å². The zero-order valence-electron chi connectivity index (χ0n) is 17.8. The second-order valence-corrected chi connectivity index (χ2v) is 10.7. The number of benzene rings is 1. The Morgan fingerprint density at radius 2 is 1.81 bits per heavy atom. The van der Waals surface area contributed by atoms with E-state index in [2.05, 4.69) is 10.6 Å². The quantitative estimate of drug-likeness (QED) is 0.735. The Kier molecular flexibility index (Phi) is 6.81. The largest absolute Gasteiger partial charge is 0.482 e. The lowest BCUT2D eigenvalue weighted by atomic mass is 9.94. The molecule has 2 aliphatic heterocycles. The van der Waals surface area contributed by atoms with E-state index >= 15 is 0 Å². The van der Waals surface area contributed by atoms with Crippen molar-refractivity contribution in [3.8, 4) is 5.75 Å². The Morgan fingerprint density at radius 1 is 1.06 bits per heavy atom. The Balaban J connectivity index is 1.43. The highest BCUT2D eigenvalue weighted by atomic mass is 32.2. The summed E-state index contributed by atoms with van der Waals surface area (Å²) in [6.07, 6.45) is 9.32. The number of hydrogen-bond donors (Lipinski definition) is 2. The molecule has 8 nitrogen and oxygen atoms in total. The summed E-state index contributed by atoms with van der Waals surface area (Å²) in [5.41, 5.74) is 0.355. The van der Waals surface area contributed by atoms with Crippen LogP contribution in [0.2, 0.25) is 0 Å². The van der Waals surface area contributed by atoms with Gasteiger partial charge in [0.05, 0.1) is 16.5 Å². The fourth-order valence-corrected chi connectivity index (χ4v) is 6.22. The van der Waals surface area contributed by atoms with E-state index in [1.54, 1.807) is 6.07 Å². The molecule has 1 atom stereocenters. The molecule has 2 amide bonds. The summed E-state index contributed by atoms with van der Waals surface area (Å²) in [7, 11) is -3.78. The summed E-state index contributed by atoms with van der Waals surface area (Å²) in [5.74, 6) is -0.231. The van der Waals surface area contributed by atoms with Crippen LogP contribution >= 0.6 is 0 Å². The third-order valence-electron chi connectivity index (χ3n) is 6.43. The SMILES string of the molecule is O=C1COc2ccc(S(=O)(=O)N3CCCC(C(=O)NC4CCCCCCC4)C3)cc2N1. The van der Waals surface area contributed by atoms with Crippen molar-refractivity contribution in [1.82, 2.24) is 9.62 Å². The molecule has 2 N–H and O–H groups in total. The minimum Gasteiger partial charge on any atom is -0.482 e. The number of nitrogens with one attached hydrogen (secondary N) is 2. The maximum Gasteiger partial charge on any atom is 0.262 e. The molecule has 9 heteroatoms. The second kappa shape index (κ2) is 9.56. The van der Waals surface area contributed by atoms with Crippen LogP contribution in [0, 0.1) is 5.92 Å². The predicted octanol–water partition coefficient (Wildman–Crippen LogP) is 2.65. The van der Waals surface area contributed by atoms with Gasteiger partial charge in [-0.25, -0.2) is 8.42 Å². The first-order valence-electron chi connectivity index (χ1n) is 11.3. The number of piperidine rings is 1. The number of hydrogen-bond acceptors (Lipinski definition) is 5. The van der Waals surface area contributed by atoms with Crippen molar-refractivity contribution >= 4 is 27.5 Å². The number of carbonyl (C=O) groups excluding carboxylic acids is 2. The van der Waals surface area contributed by atoms with Gasteiger partial charge in [0, 0.05) is 19.1 Å². The summed E-state index contributed by atoms with van der Waals surface area (Å²) in [4.78, 5) is 24.6. The van der Waals surface area contributed by atoms with E-state index in [4.69, 9.17) is 4.74 Å². The molecule has 1 saturated carbocycles. The maximum atomic E-state index is 13.2. The van der Waals surface area contributed by atoms with Crippen molar-refractivity contribution in [3.05, 3.63) is 18.2 Å². The fourth-order valence-electron chi connectivity index (χ4n) is 4.67. The average molecular weight is 450 g/mol. The number of ether oxygens (including phenoxy) is 1. The molecule has 0 spiro atoms. The lowest BCUT2D eigenvalue weighted by Gasteiger charge is -2.32. The van der Waals surface area contributed by atoms with Gasteiger partial charge in [0.25, 0.3) is 5.91 Å². The van der Waals surface area contributed by atoms with Gasteiger partial charge >= 0.3 is 0 Å². The van der Waals surface area contributed by atoms with E-state index in [0.29, 0.717) is 30.8 Å². The molecule has 4 rings (SSSR count). The minimum absolute atomic E-state index is 0.0309. The molecule has 1 aromatic rings. The minimum atomic E-state index is -3.78. The van der Waals surface area contributed by atoms with Crippen LogP contribution in [-0.2, 0) is 19.6 Å². The Morgan fingerprint density at radius 3 is 2.58 bits per heavy atom. The summed E-state index contributed by atoms with van der Waals surface area (Å²) >= 11 is 0. The van der Waals surface area contributed by atoms with Gasteiger partial charge in [-0.1, -0.05) is 32.1 Å². The molecule has 0 bridgehead atoms. The van der Waals surface area contributed by atoms with Crippen molar-refractivity contribution in [3.63, 3.8) is 0 Å². The van der Waals surface area contributed by atoms with Crippen LogP contribution in [0.25, 0.3) is 0 Å². The van der Waals surface area contributed by atoms with E-state index in [-0.39, 0.29) is 41.8 Å². The van der Waals surface area contributed by atoms with E-state index < -0.39 is 10.0 Å². The number of anilines is 1. The highest BCUT2D eigenvalue weighted by Crippen LogP contribution is 2.32. The normalized spacial score (nSPS) is 23.6. The molecule has 2 heterocycles. The van der Waals surface area contributed by atoms with Gasteiger partial charge in [-0.2, -0.15) is 4.31 Å². The summed E-state index contributed by atoms with van der Waals surface area (Å²) in [5, 5.41) is 5.84. The van der Waals surface area contributed by atoms with Crippen molar-refractivity contribution in [2.24, 2.45) is 5.92 Å². The first kappa shape index (κ1) is 22.1. The van der Waals surface area contributed by atoms with Crippen LogP contribution in [0.15, 0.2) is 23.1 Å². The third-order valence-corrected chi connectivity index (χ3v) is 8.29. The first-order valence-corrected chi connectivity index (χ1v) is 12.7. The van der Waals surface area contributed by atoms with Crippen molar-refractivity contribution in [1.29, 1.82) is 0 Å². The second-order valence-electron chi connectivity index (χ2n) is 8.75. The van der Waals surface area contributed by atoms with Gasteiger partial charge in [-0.15, -0.1) is 0 Å². The van der Waals surface area contributed by atoms with Crippen LogP contribution in [0.1, 0.15) is 57.8 Å². The number of carbonyl (C=O) groups is 2. The molecular weight excluding hydrogens is 418 g/mol. The van der Waals surface area contributed by atoms with Crippen LogP contribution in [0.4, 0.5) is 5.69 Å². The third kappa shape index (κ3) is 5.20. The Labute approximate surface area is 183 Å². The van der Waals surface area contributed by atoms with Crippen LogP contribution < -0.4 is 15.4 Å². The molecule has 1 unspecified atom stereocenters. The van der Waals surface area contributed by atoms with Crippen molar-refractivity contribution in [2.45, 2.75) is 68.7 Å². The van der Waals surface area contributed by atoms with E-state index in [9.17, 15) is 18.0 Å². The van der Waals surface area contributed by atoms with Gasteiger partial charge in [-0.05, 0) is 43.9 Å². The molecular formula is C22H31N3O5S. The van der Waals surface area contributed by atoms with E-state index in [0.717, 1.165) is 25.7 Å². The smallest absolute Gasteiger partial charge is 0.262 e. The van der Waals surface area contributed by atoms with Crippen LogP contribution in [-0.4, -0.2) is 50.3 Å². The van der Waals surface area contributed by atoms with E-state index in [1.165, 1.54) is 35.7 Å². The van der Waals surface area contributed by atoms with Crippen LogP contribution in [0.5, 0.6) is 5.75 Å². The number of nitrogens with zero attached hydrogens (tertiary/aromatic N) is 1. The summed E-state index contributed by atoms with van der Waals surface area (Å²) in [6.45, 7) is 0.485. The first-order chi connectivity index (χ1) is 14.9. The lowest BCUT2D eigenvalue weighted by Crippen LogP contribution is -2.47. The fraction of sp³-hybridized carbons (Fsp3) is 0.636. The lowest BCUT2D eigenvalue weighted by molar-refractivity contribution is -0.127. The van der Waals surface area contributed by atoms with Gasteiger partial charge in [0.2, 0.25) is 15.9 Å². The molecule has 0 radical (unpaired) electrons. The number of rotatable bonds is 4. The molecule has 1 aliphatic carbocycles. The zero-order chi connectivity index (χ0) is 21.8. The van der Waals surface area contributed by atoms with Crippen molar-refractivity contribution < 1.29 is 22.7 Å². The number of sulfonamides is 1. The van der Waals surface area contributed by atoms with Gasteiger partial charge < -0.3 is 15.4 Å². The average Bonchev–Trinajstić information content (AvgIpc) is 2.75. The highest BCUT2D eigenvalue weighted by Gasteiger charge is 2.34. The van der Waals surface area contributed by atoms with Crippen molar-refractivity contribution in [2.75, 3.05) is 25.0 Å². The molecule has 2 fully saturated rings. The van der Waals surface area contributed by atoms with Gasteiger partial charge in [-0.3, -0.25) is 9.59 Å². The topological polar surface area (TPSA) is 105 Å². The molecule has 0 aromatic heterocycles. The van der Waals surface area contributed by atoms with Gasteiger partial charge in [0.15, 0.2) is 6.61 Å². The van der Waals surface area contributed by atoms with E-state index in [1.807, 2.05) is 0 Å². The molecule has 1 saturated heterocycles. The molecule has 3 aliphatic rings. The Bertz CT molecular complexity index is 925. The number of amides is 2. The van der Waals surface area contributed by atoms with Gasteiger partial charge in [0.1, 0.15) is 5.75 Å². The summed E-state index contributed by atoms with van der Waals surface area (Å²) < 4.78 is 33.2.